The van der Waals surface area contributed by atoms with E-state index in [1.807, 2.05) is 43.3 Å². The molecule has 2 amide bonds. The van der Waals surface area contributed by atoms with E-state index in [4.69, 9.17) is 0 Å². The molecule has 1 aliphatic carbocycles. The summed E-state index contributed by atoms with van der Waals surface area (Å²) in [7, 11) is 0. The van der Waals surface area contributed by atoms with Gasteiger partial charge in [-0.1, -0.05) is 29.8 Å². The summed E-state index contributed by atoms with van der Waals surface area (Å²) in [5.41, 5.74) is 4.26. The maximum atomic E-state index is 12.4. The molecule has 1 saturated carbocycles. The van der Waals surface area contributed by atoms with Crippen molar-refractivity contribution in [2.45, 2.75) is 32.7 Å². The highest BCUT2D eigenvalue weighted by molar-refractivity contribution is 5.99. The van der Waals surface area contributed by atoms with Gasteiger partial charge in [0.2, 0.25) is 11.8 Å². The van der Waals surface area contributed by atoms with Gasteiger partial charge in [0, 0.05) is 31.0 Å². The maximum absolute atomic E-state index is 12.4. The Hall–Kier alpha value is -2.82. The molecule has 2 fully saturated rings. The van der Waals surface area contributed by atoms with Crippen LogP contribution in [0.2, 0.25) is 0 Å². The first-order valence-corrected chi connectivity index (χ1v) is 10.1. The summed E-state index contributed by atoms with van der Waals surface area (Å²) >= 11 is 0. The van der Waals surface area contributed by atoms with Crippen molar-refractivity contribution in [3.05, 3.63) is 59.7 Å². The van der Waals surface area contributed by atoms with E-state index in [0.717, 1.165) is 24.3 Å². The monoisotopic (exact) mass is 377 g/mol. The van der Waals surface area contributed by atoms with Crippen molar-refractivity contribution in [3.8, 4) is 0 Å². The number of benzene rings is 2. The number of hydrogen-bond donors (Lipinski definition) is 2. The fourth-order valence-corrected chi connectivity index (χ4v) is 3.77. The number of anilines is 2. The molecule has 2 aromatic carbocycles. The van der Waals surface area contributed by atoms with Crippen LogP contribution in [0.25, 0.3) is 0 Å². The van der Waals surface area contributed by atoms with E-state index < -0.39 is 0 Å². The van der Waals surface area contributed by atoms with Crippen molar-refractivity contribution in [1.82, 2.24) is 5.32 Å². The van der Waals surface area contributed by atoms with Gasteiger partial charge in [-0.15, -0.1) is 0 Å². The number of nitrogens with zero attached hydrogens (tertiary/aromatic N) is 1. The molecular weight excluding hydrogens is 350 g/mol. The number of nitrogens with one attached hydrogen (secondary N) is 2. The minimum atomic E-state index is -0.226. The lowest BCUT2D eigenvalue weighted by Gasteiger charge is -2.17. The highest BCUT2D eigenvalue weighted by atomic mass is 16.2. The van der Waals surface area contributed by atoms with Gasteiger partial charge in [-0.2, -0.15) is 0 Å². The van der Waals surface area contributed by atoms with Gasteiger partial charge >= 0.3 is 0 Å². The largest absolute Gasteiger partial charge is 0.372 e. The zero-order chi connectivity index (χ0) is 19.5. The van der Waals surface area contributed by atoms with Gasteiger partial charge in [0.1, 0.15) is 0 Å². The average molecular weight is 377 g/mol. The molecule has 5 nitrogen and oxygen atoms in total. The van der Waals surface area contributed by atoms with Crippen LogP contribution < -0.4 is 15.5 Å². The van der Waals surface area contributed by atoms with E-state index >= 15 is 0 Å². The van der Waals surface area contributed by atoms with Gasteiger partial charge in [0.15, 0.2) is 0 Å². The van der Waals surface area contributed by atoms with Gasteiger partial charge in [-0.3, -0.25) is 9.59 Å². The minimum Gasteiger partial charge on any atom is -0.372 e. The van der Waals surface area contributed by atoms with Crippen molar-refractivity contribution in [2.75, 3.05) is 23.3 Å². The number of hydrogen-bond acceptors (Lipinski definition) is 3. The third-order valence-corrected chi connectivity index (χ3v) is 5.66. The summed E-state index contributed by atoms with van der Waals surface area (Å²) in [5, 5.41) is 5.89. The number of carbonyl (C=O) groups is 2. The first kappa shape index (κ1) is 18.5. The first-order chi connectivity index (χ1) is 13.6. The van der Waals surface area contributed by atoms with Gasteiger partial charge < -0.3 is 15.5 Å². The number of aryl methyl sites for hydroxylation is 1. The summed E-state index contributed by atoms with van der Waals surface area (Å²) in [6.07, 6.45) is 3.11. The van der Waals surface area contributed by atoms with Crippen LogP contribution in [0.3, 0.4) is 0 Å². The van der Waals surface area contributed by atoms with Gasteiger partial charge in [-0.25, -0.2) is 0 Å². The van der Waals surface area contributed by atoms with E-state index in [2.05, 4.69) is 27.7 Å². The normalized spacial score (nSPS) is 20.7. The molecule has 0 spiro atoms. The Morgan fingerprint density at radius 3 is 2.25 bits per heavy atom. The second-order valence-electron chi connectivity index (χ2n) is 7.88. The molecule has 0 bridgehead atoms. The lowest BCUT2D eigenvalue weighted by Crippen LogP contribution is -2.27. The highest BCUT2D eigenvalue weighted by Gasteiger charge is 2.47. The molecule has 146 valence electrons. The summed E-state index contributed by atoms with van der Waals surface area (Å²) in [5.74, 6) is -0.542. The van der Waals surface area contributed by atoms with Crippen molar-refractivity contribution in [1.29, 1.82) is 0 Å². The van der Waals surface area contributed by atoms with Crippen LogP contribution in [0.15, 0.2) is 48.5 Å². The molecule has 2 unspecified atom stereocenters. The van der Waals surface area contributed by atoms with Gasteiger partial charge in [0.05, 0.1) is 11.8 Å². The number of carbonyl (C=O) groups excluding carboxylic acids is 2. The molecule has 1 saturated heterocycles. The average Bonchev–Trinajstić information content (AvgIpc) is 3.33. The number of rotatable bonds is 6. The molecule has 2 aromatic rings. The van der Waals surface area contributed by atoms with E-state index in [1.54, 1.807) is 0 Å². The molecule has 2 atom stereocenters. The molecule has 5 heteroatoms. The maximum Gasteiger partial charge on any atom is 0.228 e. The smallest absolute Gasteiger partial charge is 0.228 e. The Kier molecular flexibility index (Phi) is 5.33. The fourth-order valence-electron chi connectivity index (χ4n) is 3.77. The van der Waals surface area contributed by atoms with E-state index in [9.17, 15) is 9.59 Å². The summed E-state index contributed by atoms with van der Waals surface area (Å²) in [6, 6.07) is 16.1. The van der Waals surface area contributed by atoms with Crippen molar-refractivity contribution in [2.24, 2.45) is 11.8 Å². The molecule has 2 N–H and O–H groups in total. The Balaban J connectivity index is 1.24. The second kappa shape index (κ2) is 8.05. The minimum absolute atomic E-state index is 0.0369. The van der Waals surface area contributed by atoms with Crippen LogP contribution in [0.1, 0.15) is 30.4 Å². The Morgan fingerprint density at radius 2 is 1.57 bits per heavy atom. The summed E-state index contributed by atoms with van der Waals surface area (Å²) in [6.45, 7) is 4.75. The lowest BCUT2D eigenvalue weighted by atomic mass is 10.1. The molecular formula is C23H27N3O2. The second-order valence-corrected chi connectivity index (χ2v) is 7.88. The molecule has 4 rings (SSSR count). The van der Waals surface area contributed by atoms with Crippen molar-refractivity contribution >= 4 is 23.2 Å². The number of amides is 2. The van der Waals surface area contributed by atoms with Crippen LogP contribution in [-0.2, 0) is 16.1 Å². The van der Waals surface area contributed by atoms with E-state index in [-0.39, 0.29) is 23.7 Å². The van der Waals surface area contributed by atoms with Crippen LogP contribution >= 0.6 is 0 Å². The van der Waals surface area contributed by atoms with Crippen LogP contribution in [0.5, 0.6) is 0 Å². The first-order valence-electron chi connectivity index (χ1n) is 10.1. The molecule has 1 heterocycles. The van der Waals surface area contributed by atoms with Crippen molar-refractivity contribution in [3.63, 3.8) is 0 Å². The molecule has 28 heavy (non-hydrogen) atoms. The third kappa shape index (κ3) is 4.35. The predicted molar refractivity (Wildman–Crippen MR) is 111 cm³/mol. The van der Waals surface area contributed by atoms with E-state index in [0.29, 0.717) is 13.0 Å². The lowest BCUT2D eigenvalue weighted by molar-refractivity contribution is -0.125. The molecule has 2 aliphatic rings. The Bertz CT molecular complexity index is 839. The standard InChI is InChI=1S/C23H27N3O2/c1-16-4-6-17(7-5-16)15-24-22(27)20-14-21(20)23(28)25-18-8-10-19(11-9-18)26-12-2-3-13-26/h4-11,20-21H,2-3,12-15H2,1H3,(H,24,27)(H,25,28). The van der Waals surface area contributed by atoms with Crippen LogP contribution in [0.4, 0.5) is 11.4 Å². The zero-order valence-corrected chi connectivity index (χ0v) is 16.3. The molecule has 1 aliphatic heterocycles. The third-order valence-electron chi connectivity index (χ3n) is 5.66. The fraction of sp³-hybridized carbons (Fsp3) is 0.391. The topological polar surface area (TPSA) is 61.4 Å². The quantitative estimate of drug-likeness (QED) is 0.810. The van der Waals surface area contributed by atoms with Gasteiger partial charge in [0.25, 0.3) is 0 Å². The molecule has 0 aromatic heterocycles. The Labute approximate surface area is 166 Å². The summed E-state index contributed by atoms with van der Waals surface area (Å²) < 4.78 is 0. The highest BCUT2D eigenvalue weighted by Crippen LogP contribution is 2.39. The zero-order valence-electron chi connectivity index (χ0n) is 16.3. The van der Waals surface area contributed by atoms with E-state index in [1.165, 1.54) is 24.1 Å². The molecule has 0 radical (unpaired) electrons. The van der Waals surface area contributed by atoms with Crippen LogP contribution in [0, 0.1) is 18.8 Å². The van der Waals surface area contributed by atoms with Crippen molar-refractivity contribution < 1.29 is 9.59 Å². The van der Waals surface area contributed by atoms with Crippen LogP contribution in [-0.4, -0.2) is 24.9 Å². The SMILES string of the molecule is Cc1ccc(CNC(=O)C2CC2C(=O)Nc2ccc(N3CCCC3)cc2)cc1. The van der Waals surface area contributed by atoms with Gasteiger partial charge in [-0.05, 0) is 56.0 Å². The summed E-state index contributed by atoms with van der Waals surface area (Å²) in [4.78, 5) is 27.1. The predicted octanol–water partition coefficient (Wildman–Crippen LogP) is 3.49. The Morgan fingerprint density at radius 1 is 0.929 bits per heavy atom.